The molecule has 4 aromatic carbocycles. The summed E-state index contributed by atoms with van der Waals surface area (Å²) in [6.07, 6.45) is -6.37. The van der Waals surface area contributed by atoms with Crippen molar-refractivity contribution in [3.05, 3.63) is 156 Å². The van der Waals surface area contributed by atoms with E-state index in [0.29, 0.717) is 36.0 Å². The number of nitrogens with zero attached hydrogens (tertiary/aromatic N) is 7. The van der Waals surface area contributed by atoms with E-state index in [2.05, 4.69) is 20.5 Å². The van der Waals surface area contributed by atoms with E-state index < -0.39 is 68.6 Å². The zero-order valence-corrected chi connectivity index (χ0v) is 40.3. The third kappa shape index (κ3) is 16.1. The number of aryl methyl sites for hydroxylation is 1. The van der Waals surface area contributed by atoms with E-state index in [0.717, 1.165) is 43.2 Å². The number of halogens is 9. The summed E-state index contributed by atoms with van der Waals surface area (Å²) in [5, 5.41) is 29.7. The topological polar surface area (TPSA) is 196 Å². The van der Waals surface area contributed by atoms with Crippen LogP contribution in [0.2, 0.25) is 0 Å². The first kappa shape index (κ1) is 57.7. The van der Waals surface area contributed by atoms with Gasteiger partial charge < -0.3 is 24.6 Å². The van der Waals surface area contributed by atoms with Gasteiger partial charge in [-0.05, 0) is 113 Å². The van der Waals surface area contributed by atoms with Gasteiger partial charge in [-0.3, -0.25) is 29.8 Å². The van der Waals surface area contributed by atoms with E-state index in [9.17, 15) is 69.3 Å². The van der Waals surface area contributed by atoms with Crippen LogP contribution in [-0.2, 0) is 17.1 Å². The SMILES string of the molecule is CC(C)N(C(=O)COc1nnc(C(F)(F)F)s1)c1ccc(F)cc1.CCCN(CCC)c1c([N+](=O)[O-])cc(C)c(C)c1[N+](=O)[O-].O=C(Nc1ccc(F)cc1F)c1cccnc1Oc1cccc(C(F)(F)F)c1. The lowest BCUT2D eigenvalue weighted by Crippen LogP contribution is -2.40. The maximum absolute atomic E-state index is 13.7. The number of pyridine rings is 1. The lowest BCUT2D eigenvalue weighted by atomic mass is 10.0. The predicted molar refractivity (Wildman–Crippen MR) is 252 cm³/mol. The second kappa shape index (κ2) is 25.5. The Bertz CT molecular complexity index is 2880. The Morgan fingerprint density at radius 3 is 2.00 bits per heavy atom. The average molecular weight is 1050 g/mol. The highest BCUT2D eigenvalue weighted by atomic mass is 32.1. The summed E-state index contributed by atoms with van der Waals surface area (Å²) in [7, 11) is 0. The highest BCUT2D eigenvalue weighted by Crippen LogP contribution is 2.42. The van der Waals surface area contributed by atoms with Crippen molar-refractivity contribution in [2.24, 2.45) is 0 Å². The lowest BCUT2D eigenvalue weighted by Gasteiger charge is -2.26. The molecule has 1 N–H and O–H groups in total. The molecule has 0 unspecified atom stereocenters. The van der Waals surface area contributed by atoms with Crippen LogP contribution in [-0.4, -0.2) is 62.6 Å². The molecule has 0 saturated heterocycles. The minimum Gasteiger partial charge on any atom is -0.459 e. The first-order valence-electron chi connectivity index (χ1n) is 21.6. The number of ether oxygens (including phenoxy) is 2. The summed E-state index contributed by atoms with van der Waals surface area (Å²) in [6, 6.07) is 15.8. The second-order valence-corrected chi connectivity index (χ2v) is 16.5. The highest BCUT2D eigenvalue weighted by Gasteiger charge is 2.37. The molecule has 2 aromatic heterocycles. The molecule has 0 bridgehead atoms. The molecule has 6 aromatic rings. The Hall–Kier alpha value is -7.90. The van der Waals surface area contributed by atoms with Gasteiger partial charge in [0.25, 0.3) is 22.7 Å². The number of hydrogen-bond donors (Lipinski definition) is 1. The minimum atomic E-state index is -4.61. The van der Waals surface area contributed by atoms with Gasteiger partial charge in [-0.1, -0.05) is 36.3 Å². The Kier molecular flexibility index (Phi) is 20.1. The summed E-state index contributed by atoms with van der Waals surface area (Å²) >= 11 is 0.210. The van der Waals surface area contributed by atoms with Gasteiger partial charge in [0, 0.05) is 48.7 Å². The summed E-state index contributed by atoms with van der Waals surface area (Å²) in [4.78, 5) is 53.4. The van der Waals surface area contributed by atoms with Gasteiger partial charge in [-0.2, -0.15) is 26.3 Å². The van der Waals surface area contributed by atoms with Gasteiger partial charge in [0.15, 0.2) is 12.3 Å². The Labute approximate surface area is 414 Å². The van der Waals surface area contributed by atoms with Crippen LogP contribution in [0.4, 0.5) is 68.0 Å². The van der Waals surface area contributed by atoms with Crippen LogP contribution in [0.25, 0.3) is 0 Å². The number of anilines is 3. The van der Waals surface area contributed by atoms with Crippen LogP contribution in [0.3, 0.4) is 0 Å². The second-order valence-electron chi connectivity index (χ2n) is 15.6. The average Bonchev–Trinajstić information content (AvgIpc) is 3.81. The van der Waals surface area contributed by atoms with Crippen molar-refractivity contribution in [1.82, 2.24) is 15.2 Å². The first-order chi connectivity index (χ1) is 34.3. The van der Waals surface area contributed by atoms with E-state index in [1.54, 1.807) is 32.6 Å². The van der Waals surface area contributed by atoms with Gasteiger partial charge in [0.05, 0.1) is 21.1 Å². The van der Waals surface area contributed by atoms with Crippen LogP contribution in [0.1, 0.15) is 72.6 Å². The molecule has 2 heterocycles. The number of carbonyl (C=O) groups excluding carboxylic acids is 2. The van der Waals surface area contributed by atoms with Crippen LogP contribution >= 0.6 is 11.3 Å². The number of hydrogen-bond acceptors (Lipinski definition) is 13. The lowest BCUT2D eigenvalue weighted by molar-refractivity contribution is -0.393. The number of nitrogens with one attached hydrogen (secondary N) is 1. The molecule has 0 fully saturated rings. The molecule has 0 atom stereocenters. The number of nitro groups is 2. The number of alkyl halides is 6. The Balaban J connectivity index is 0.000000240. The van der Waals surface area contributed by atoms with Gasteiger partial charge in [-0.15, -0.1) is 5.10 Å². The Morgan fingerprint density at radius 2 is 1.45 bits per heavy atom. The van der Waals surface area contributed by atoms with E-state index in [-0.39, 0.29) is 62.5 Å². The van der Waals surface area contributed by atoms with E-state index in [1.165, 1.54) is 59.6 Å². The molecule has 26 heteroatoms. The fraction of sp³-hybridized carbons (Fsp3) is 0.298. The minimum absolute atomic E-state index is 0.136. The van der Waals surface area contributed by atoms with Crippen molar-refractivity contribution in [1.29, 1.82) is 0 Å². The molecule has 16 nitrogen and oxygen atoms in total. The fourth-order valence-electron chi connectivity index (χ4n) is 6.60. The van der Waals surface area contributed by atoms with Gasteiger partial charge in [0.1, 0.15) is 28.8 Å². The number of aromatic nitrogens is 3. The van der Waals surface area contributed by atoms with E-state index in [1.807, 2.05) is 13.8 Å². The summed E-state index contributed by atoms with van der Waals surface area (Å²) in [5.41, 5.74) is -0.0625. The molecule has 6 rings (SSSR count). The number of carbonyl (C=O) groups is 2. The summed E-state index contributed by atoms with van der Waals surface area (Å²) in [5.74, 6) is -4.04. The standard InChI is InChI=1S/C19H11F5N2O2.C14H13F4N3O2S.C14H21N3O4/c20-12-6-7-16(15(21)10-12)26-17(27)14-5-2-8-25-18(14)28-13-4-1-3-11(9-13)19(22,23)24;1-8(2)21(10-5-3-9(15)4-6-10)11(22)7-23-13-20-19-12(24-13)14(16,17)18;1-5-7-15(8-6-2)14-12(16(18)19)9-10(3)11(4)13(14)17(20)21/h1-10H,(H,26,27);3-6,8H,7H2,1-2H3;9H,5-8H2,1-4H3. The molecule has 390 valence electrons. The van der Waals surface area contributed by atoms with Crippen LogP contribution < -0.4 is 24.6 Å². The van der Waals surface area contributed by atoms with Crippen LogP contribution in [0, 0.1) is 51.5 Å². The quantitative estimate of drug-likeness (QED) is 0.0548. The van der Waals surface area contributed by atoms with Gasteiger partial charge >= 0.3 is 18.0 Å². The number of amides is 2. The molecule has 2 amide bonds. The number of nitro benzene ring substituents is 2. The Morgan fingerprint density at radius 1 is 0.808 bits per heavy atom. The molecule has 0 spiro atoms. The molecule has 0 aliphatic rings. The molecule has 0 aliphatic carbocycles. The zero-order valence-electron chi connectivity index (χ0n) is 39.5. The van der Waals surface area contributed by atoms with Crippen LogP contribution in [0.5, 0.6) is 16.8 Å². The third-order valence-electron chi connectivity index (χ3n) is 9.88. The molecule has 0 aliphatic heterocycles. The van der Waals surface area contributed by atoms with E-state index in [4.69, 9.17) is 9.47 Å². The van der Waals surface area contributed by atoms with Crippen molar-refractivity contribution in [2.75, 3.05) is 34.8 Å². The molecular formula is C47H45F9N8O8S. The van der Waals surface area contributed by atoms with Crippen LogP contribution in [0.15, 0.2) is 91.1 Å². The fourth-order valence-corrected chi connectivity index (χ4v) is 7.16. The third-order valence-corrected chi connectivity index (χ3v) is 10.8. The van der Waals surface area contributed by atoms with Crippen molar-refractivity contribution in [3.8, 4) is 16.8 Å². The number of benzene rings is 4. The molecule has 73 heavy (non-hydrogen) atoms. The smallest absolute Gasteiger partial charge is 0.445 e. The number of rotatable bonds is 16. The first-order valence-corrected chi connectivity index (χ1v) is 22.4. The molecule has 0 radical (unpaired) electrons. The maximum atomic E-state index is 13.7. The summed E-state index contributed by atoms with van der Waals surface area (Å²) < 4.78 is 126. The summed E-state index contributed by atoms with van der Waals surface area (Å²) in [6.45, 7) is 11.3. The van der Waals surface area contributed by atoms with Crippen molar-refractivity contribution < 1.29 is 68.4 Å². The van der Waals surface area contributed by atoms with Crippen molar-refractivity contribution in [3.63, 3.8) is 0 Å². The predicted octanol–water partition coefficient (Wildman–Crippen LogP) is 12.7. The molecule has 0 saturated carbocycles. The largest absolute Gasteiger partial charge is 0.459 e. The normalized spacial score (nSPS) is 11.1. The highest BCUT2D eigenvalue weighted by molar-refractivity contribution is 7.13. The van der Waals surface area contributed by atoms with Crippen molar-refractivity contribution >= 4 is 51.6 Å². The monoisotopic (exact) mass is 1050 g/mol. The van der Waals surface area contributed by atoms with Gasteiger partial charge in [-0.25, -0.2) is 18.2 Å². The van der Waals surface area contributed by atoms with Gasteiger partial charge in [0.2, 0.25) is 10.9 Å². The van der Waals surface area contributed by atoms with E-state index >= 15 is 0 Å². The zero-order chi connectivity index (χ0) is 54.4. The molecular weight excluding hydrogens is 1010 g/mol. The van der Waals surface area contributed by atoms with Crippen molar-refractivity contribution in [2.45, 2.75) is 72.8 Å². The maximum Gasteiger partial charge on any atom is 0.445 e.